The van der Waals surface area contributed by atoms with E-state index >= 15 is 0 Å². The topological polar surface area (TPSA) is 36.9 Å². The Morgan fingerprint density at radius 1 is 0.519 bits per heavy atom. The number of para-hydroxylation sites is 2. The van der Waals surface area contributed by atoms with E-state index in [4.69, 9.17) is 24.8 Å². The molecule has 6 heteroatoms. The van der Waals surface area contributed by atoms with Crippen molar-refractivity contribution in [3.63, 3.8) is 0 Å². The van der Waals surface area contributed by atoms with Crippen LogP contribution in [0, 0.1) is 15.9 Å². The molecule has 0 N–H and O–H groups in total. The molecule has 10 aromatic carbocycles. The molecule has 0 bridgehead atoms. The van der Waals surface area contributed by atoms with Gasteiger partial charge in [0, 0.05) is 6.20 Å². The van der Waals surface area contributed by atoms with Crippen LogP contribution in [0.3, 0.4) is 0 Å². The molecule has 0 fully saturated rings. The van der Waals surface area contributed by atoms with Gasteiger partial charge in [0.1, 0.15) is 0 Å². The van der Waals surface area contributed by atoms with Crippen LogP contribution in [0.25, 0.3) is 106 Å². The van der Waals surface area contributed by atoms with Crippen LogP contribution < -0.4 is 4.74 Å². The number of nitrogens with zero attached hydrogens (tertiary/aromatic N) is 4. The fourth-order valence-electron chi connectivity index (χ4n) is 10.7. The van der Waals surface area contributed by atoms with Gasteiger partial charge in [0.2, 0.25) is 0 Å². The molecule has 1 aliphatic rings. The van der Waals surface area contributed by atoms with Gasteiger partial charge in [-0.15, -0.1) is 0 Å². The van der Waals surface area contributed by atoms with Crippen molar-refractivity contribution in [2.24, 2.45) is 0 Å². The predicted octanol–water partition coefficient (Wildman–Crippen LogP) is 17.9. The number of rotatable bonds is 9. The Labute approximate surface area is 480 Å². The number of pyridine rings is 1. The van der Waals surface area contributed by atoms with Crippen LogP contribution in [0.2, 0.25) is 0 Å². The van der Waals surface area contributed by atoms with Crippen LogP contribution in [0.1, 0.15) is 58.0 Å². The zero-order chi connectivity index (χ0) is 64.8. The van der Waals surface area contributed by atoms with Gasteiger partial charge in [0.15, 0.2) is 0 Å². The molecule has 0 radical (unpaired) electrons. The van der Waals surface area contributed by atoms with Crippen molar-refractivity contribution >= 4 is 32.8 Å². The summed E-state index contributed by atoms with van der Waals surface area (Å²) in [6.07, 6.45) is 2.00. The van der Waals surface area contributed by atoms with Crippen LogP contribution in [0.5, 0.6) is 11.5 Å². The van der Waals surface area contributed by atoms with E-state index in [0.29, 0.717) is 65.2 Å². The number of aromatic nitrogens is 4. The first-order valence-corrected chi connectivity index (χ1v) is 26.0. The van der Waals surface area contributed by atoms with Crippen molar-refractivity contribution in [1.82, 2.24) is 18.7 Å². The first-order chi connectivity index (χ1) is 43.9. The van der Waals surface area contributed by atoms with Crippen LogP contribution >= 0.6 is 0 Å². The Morgan fingerprint density at radius 3 is 1.95 bits per heavy atom. The number of fused-ring (bicyclic) bond motifs is 7. The Balaban J connectivity index is 0.979. The van der Waals surface area contributed by atoms with Gasteiger partial charge >= 0.3 is 378 Å². The average Bonchev–Trinajstić information content (AvgIpc) is 1.40. The third kappa shape index (κ3) is 8.13. The van der Waals surface area contributed by atoms with Crippen molar-refractivity contribution in [3.05, 3.63) is 269 Å². The summed E-state index contributed by atoms with van der Waals surface area (Å²) >= 11 is 2.17. The summed E-state index contributed by atoms with van der Waals surface area (Å²) in [6.45, 7) is 6.34. The van der Waals surface area contributed by atoms with Crippen LogP contribution in [0.15, 0.2) is 236 Å². The molecule has 0 spiro atoms. The first kappa shape index (κ1) is 33.2. The standard InChI is InChI=1S/C71H50N4O.Pt/c1-71(2,3)54-37-38-72-68(42-54)75-64-36-32-52(48-21-10-5-11-22-48)40-62(64)59-35-33-57(44-67(59)75)76-56-28-18-27-55(43-56)73-46-74(66-30-17-16-29-65(66)73)70-60(49-23-12-6-13-24-49)45-61-58-34-31-51(47-19-8-4-9-20-47)39-53(58)41-63(61)69(70)50-25-14-7-15-26-50;/h4-40,42,45H,41H2,1-3H3;/q-2;/i5D,6D,7D,10D,11D,12D,13D,14D,15D,21D,22D,23D,24D,25D,26D;. The molecule has 0 atom stereocenters. The van der Waals surface area contributed by atoms with Gasteiger partial charge in [-0.2, -0.15) is 0 Å². The first-order valence-electron chi connectivity index (χ1n) is 32.4. The number of benzene rings is 10. The fourth-order valence-corrected chi connectivity index (χ4v) is 11.7. The third-order valence-corrected chi connectivity index (χ3v) is 15.2. The molecular weight excluding hydrogens is 1120 g/mol. The molecule has 5 nitrogen and oxygen atoms in total. The van der Waals surface area contributed by atoms with E-state index in [1.807, 2.05) is 123 Å². The van der Waals surface area contributed by atoms with Crippen LogP contribution in [0.4, 0.5) is 0 Å². The van der Waals surface area contributed by atoms with Gasteiger partial charge in [-0.25, -0.2) is 0 Å². The second-order valence-electron chi connectivity index (χ2n) is 19.8. The molecule has 0 aliphatic heterocycles. The SMILES string of the molecule is [2H]c1c([2H])c([2H])c(-c2ccc3c(c2)c2ccc(Oc4[c-]c(-n5[c](=[Pt])n(-c6c(-c7c([2H])c([2H])c([2H])c([2H])c7[2H])cc7c(c6-c6c([2H])c([2H])c([2H])c([2H])c6[2H])Cc6cc(-c8ccccc8)ccc6-7)c6ccccc65)ccc4)[c-]c2n3-c2cc(C(C)(C)C)ccn2)c([2H])c1[2H]. The number of hydrogen-bond acceptors (Lipinski definition) is 2. The molecule has 3 heterocycles. The summed E-state index contributed by atoms with van der Waals surface area (Å²) in [6, 6.07) is 43.1. The molecule has 0 saturated heterocycles. The molecule has 0 unspecified atom stereocenters. The van der Waals surface area contributed by atoms with Crippen molar-refractivity contribution in [3.8, 4) is 84.3 Å². The van der Waals surface area contributed by atoms with Crippen LogP contribution in [-0.4, -0.2) is 18.7 Å². The molecule has 13 aromatic rings. The molecular formula is C71H50N4OPt-2. The summed E-state index contributed by atoms with van der Waals surface area (Å²) in [7, 11) is 0. The Bertz CT molecular complexity index is 5350. The van der Waals surface area contributed by atoms with Gasteiger partial charge < -0.3 is 0 Å². The zero-order valence-corrected chi connectivity index (χ0v) is 43.8. The summed E-state index contributed by atoms with van der Waals surface area (Å²) in [5, 5.41) is 1.43. The predicted molar refractivity (Wildman–Crippen MR) is 311 cm³/mol. The minimum atomic E-state index is -0.598. The molecule has 3 aromatic heterocycles. The third-order valence-electron chi connectivity index (χ3n) is 14.2. The monoisotopic (exact) mass is 1180 g/mol. The van der Waals surface area contributed by atoms with E-state index in [1.54, 1.807) is 30.5 Å². The molecule has 0 amide bonds. The zero-order valence-electron chi connectivity index (χ0n) is 56.6. The Kier molecular flexibility index (Phi) is 8.08. The van der Waals surface area contributed by atoms with E-state index in [-0.39, 0.29) is 63.2 Å². The minimum Gasteiger partial charge on any atom is -0.0617 e. The quantitative estimate of drug-likeness (QED) is 0.135. The maximum absolute atomic E-state index is 9.66. The number of hydrogen-bond donors (Lipinski definition) is 0. The van der Waals surface area contributed by atoms with Crippen molar-refractivity contribution in [1.29, 1.82) is 0 Å². The molecule has 0 saturated carbocycles. The fraction of sp³-hybridized carbons (Fsp3) is 0.0704. The number of ether oxygens (including phenoxy) is 1. The minimum absolute atomic E-state index is 0.0710. The second-order valence-corrected chi connectivity index (χ2v) is 20.8. The van der Waals surface area contributed by atoms with Gasteiger partial charge in [0.05, 0.1) is 6.85 Å². The summed E-state index contributed by atoms with van der Waals surface area (Å²) in [4.78, 5) is 4.85. The molecule has 77 heavy (non-hydrogen) atoms. The smallest absolute Gasteiger partial charge is 0.0617 e. The normalized spacial score (nSPS) is 14.8. The van der Waals surface area contributed by atoms with Crippen molar-refractivity contribution in [2.75, 3.05) is 0 Å². The van der Waals surface area contributed by atoms with E-state index in [1.165, 1.54) is 0 Å². The van der Waals surface area contributed by atoms with E-state index in [9.17, 15) is 5.48 Å². The summed E-state index contributed by atoms with van der Waals surface area (Å²) in [5.41, 5.74) is 9.28. The average molecular weight is 1190 g/mol. The molecule has 1 aliphatic carbocycles. The molecule has 14 rings (SSSR count). The van der Waals surface area contributed by atoms with Crippen molar-refractivity contribution in [2.45, 2.75) is 32.6 Å². The van der Waals surface area contributed by atoms with E-state index in [0.717, 1.165) is 33.2 Å². The number of imidazole rings is 1. The van der Waals surface area contributed by atoms with Gasteiger partial charge in [-0.1, -0.05) is 63.1 Å². The van der Waals surface area contributed by atoms with E-state index in [2.05, 4.69) is 58.3 Å². The van der Waals surface area contributed by atoms with Gasteiger partial charge in [-0.3, -0.25) is 0 Å². The van der Waals surface area contributed by atoms with Crippen molar-refractivity contribution < 1.29 is 44.7 Å². The summed E-state index contributed by atoms with van der Waals surface area (Å²) < 4.78 is 148. The summed E-state index contributed by atoms with van der Waals surface area (Å²) in [5.74, 6) is 1.17. The second kappa shape index (κ2) is 18.7. The maximum atomic E-state index is 9.66. The Morgan fingerprint density at radius 2 is 1.19 bits per heavy atom. The van der Waals surface area contributed by atoms with Crippen LogP contribution in [-0.2, 0) is 31.2 Å². The van der Waals surface area contributed by atoms with E-state index < -0.39 is 78.6 Å². The van der Waals surface area contributed by atoms with Gasteiger partial charge in [0.25, 0.3) is 0 Å². The Hall–Kier alpha value is -8.89. The molecule has 372 valence electrons. The van der Waals surface area contributed by atoms with Gasteiger partial charge in [-0.05, 0) is 28.2 Å².